The SMILES string of the molecule is O=C(NC1CCCC1)c1cnc(N2CCNCC2)c(NS(=O)(=O)c2ccccc2)c1. The Morgan fingerprint density at radius 2 is 1.80 bits per heavy atom. The Bertz CT molecular complexity index is 985. The average molecular weight is 430 g/mol. The van der Waals surface area contributed by atoms with Crippen molar-refractivity contribution in [1.82, 2.24) is 15.6 Å². The number of nitrogens with zero attached hydrogens (tertiary/aromatic N) is 2. The van der Waals surface area contributed by atoms with Gasteiger partial charge < -0.3 is 15.5 Å². The van der Waals surface area contributed by atoms with Crippen LogP contribution in [-0.4, -0.2) is 51.5 Å². The number of nitrogens with one attached hydrogen (secondary N) is 3. The second-order valence-electron chi connectivity index (χ2n) is 7.71. The Hall–Kier alpha value is -2.65. The third kappa shape index (κ3) is 4.73. The van der Waals surface area contributed by atoms with Crippen LogP contribution in [0.4, 0.5) is 11.5 Å². The van der Waals surface area contributed by atoms with Gasteiger partial charge in [-0.1, -0.05) is 31.0 Å². The van der Waals surface area contributed by atoms with Gasteiger partial charge in [0.25, 0.3) is 15.9 Å². The van der Waals surface area contributed by atoms with Gasteiger partial charge in [0.1, 0.15) is 0 Å². The van der Waals surface area contributed by atoms with Crippen molar-refractivity contribution in [3.8, 4) is 0 Å². The average Bonchev–Trinajstić information content (AvgIpc) is 3.28. The van der Waals surface area contributed by atoms with Crippen LogP contribution in [0.1, 0.15) is 36.0 Å². The molecular formula is C21H27N5O3S. The third-order valence-corrected chi connectivity index (χ3v) is 6.92. The number of hydrogen-bond acceptors (Lipinski definition) is 6. The van der Waals surface area contributed by atoms with Gasteiger partial charge in [-0.15, -0.1) is 0 Å². The topological polar surface area (TPSA) is 103 Å². The normalized spacial score (nSPS) is 17.7. The van der Waals surface area contributed by atoms with E-state index in [9.17, 15) is 13.2 Å². The molecule has 0 bridgehead atoms. The number of anilines is 2. The van der Waals surface area contributed by atoms with E-state index in [0.29, 0.717) is 30.2 Å². The fourth-order valence-electron chi connectivity index (χ4n) is 3.93. The van der Waals surface area contributed by atoms with Crippen LogP contribution in [0.25, 0.3) is 0 Å². The summed E-state index contributed by atoms with van der Waals surface area (Å²) in [5, 5.41) is 6.31. The van der Waals surface area contributed by atoms with Crippen LogP contribution < -0.4 is 20.3 Å². The summed E-state index contributed by atoms with van der Waals surface area (Å²) in [4.78, 5) is 19.4. The zero-order chi connectivity index (χ0) is 21.0. The maximum absolute atomic E-state index is 12.9. The van der Waals surface area contributed by atoms with Crippen LogP contribution in [0.15, 0.2) is 47.5 Å². The molecule has 2 aromatic rings. The molecule has 1 aliphatic carbocycles. The number of pyridine rings is 1. The number of carbonyl (C=O) groups excluding carboxylic acids is 1. The van der Waals surface area contributed by atoms with E-state index in [1.807, 2.05) is 4.90 Å². The largest absolute Gasteiger partial charge is 0.352 e. The van der Waals surface area contributed by atoms with Gasteiger partial charge >= 0.3 is 0 Å². The molecule has 8 nitrogen and oxygen atoms in total. The van der Waals surface area contributed by atoms with Crippen molar-refractivity contribution in [2.45, 2.75) is 36.6 Å². The van der Waals surface area contributed by atoms with Crippen molar-refractivity contribution in [1.29, 1.82) is 0 Å². The molecule has 2 aliphatic rings. The summed E-state index contributed by atoms with van der Waals surface area (Å²) >= 11 is 0. The predicted octanol–water partition coefficient (Wildman–Crippen LogP) is 1.96. The molecule has 3 N–H and O–H groups in total. The van der Waals surface area contributed by atoms with Crippen molar-refractivity contribution in [3.63, 3.8) is 0 Å². The van der Waals surface area contributed by atoms with Gasteiger partial charge in [-0.05, 0) is 31.0 Å². The second-order valence-corrected chi connectivity index (χ2v) is 9.39. The predicted molar refractivity (Wildman–Crippen MR) is 116 cm³/mol. The first-order chi connectivity index (χ1) is 14.5. The number of sulfonamides is 1. The molecule has 30 heavy (non-hydrogen) atoms. The van der Waals surface area contributed by atoms with Gasteiger partial charge in [0.05, 0.1) is 16.1 Å². The summed E-state index contributed by atoms with van der Waals surface area (Å²) in [5.74, 6) is 0.315. The van der Waals surface area contributed by atoms with E-state index in [2.05, 4.69) is 20.3 Å². The Morgan fingerprint density at radius 3 is 2.50 bits per heavy atom. The zero-order valence-electron chi connectivity index (χ0n) is 16.8. The first-order valence-electron chi connectivity index (χ1n) is 10.4. The summed E-state index contributed by atoms with van der Waals surface area (Å²) < 4.78 is 28.5. The van der Waals surface area contributed by atoms with E-state index < -0.39 is 10.0 Å². The van der Waals surface area contributed by atoms with E-state index in [1.165, 1.54) is 18.3 Å². The molecule has 0 spiro atoms. The zero-order valence-corrected chi connectivity index (χ0v) is 17.6. The van der Waals surface area contributed by atoms with Crippen molar-refractivity contribution >= 4 is 27.4 Å². The number of aromatic nitrogens is 1. The number of amides is 1. The lowest BCUT2D eigenvalue weighted by Gasteiger charge is -2.30. The minimum absolute atomic E-state index is 0.164. The van der Waals surface area contributed by atoms with E-state index in [0.717, 1.165) is 38.8 Å². The summed E-state index contributed by atoms with van der Waals surface area (Å²) in [7, 11) is -3.80. The number of benzene rings is 1. The fraction of sp³-hybridized carbons (Fsp3) is 0.429. The van der Waals surface area contributed by atoms with Gasteiger partial charge in [-0.3, -0.25) is 9.52 Å². The maximum atomic E-state index is 12.9. The summed E-state index contributed by atoms with van der Waals surface area (Å²) in [5.41, 5.74) is 0.673. The summed E-state index contributed by atoms with van der Waals surface area (Å²) in [6.45, 7) is 2.99. The molecule has 0 radical (unpaired) electrons. The molecule has 1 saturated heterocycles. The molecule has 9 heteroatoms. The smallest absolute Gasteiger partial charge is 0.262 e. The highest BCUT2D eigenvalue weighted by atomic mass is 32.2. The second kappa shape index (κ2) is 9.01. The lowest BCUT2D eigenvalue weighted by atomic mass is 10.2. The third-order valence-electron chi connectivity index (χ3n) is 5.53. The van der Waals surface area contributed by atoms with E-state index in [-0.39, 0.29) is 16.8 Å². The summed E-state index contributed by atoms with van der Waals surface area (Å²) in [6, 6.07) is 9.96. The van der Waals surface area contributed by atoms with Gasteiger partial charge in [0.15, 0.2) is 5.82 Å². The summed E-state index contributed by atoms with van der Waals surface area (Å²) in [6.07, 6.45) is 5.72. The fourth-order valence-corrected chi connectivity index (χ4v) is 5.00. The Balaban J connectivity index is 1.64. The molecule has 1 amide bonds. The Morgan fingerprint density at radius 1 is 1.10 bits per heavy atom. The Labute approximate surface area is 177 Å². The molecule has 2 heterocycles. The molecule has 1 aliphatic heterocycles. The highest BCUT2D eigenvalue weighted by Gasteiger charge is 2.24. The van der Waals surface area contributed by atoms with Crippen LogP contribution in [0.3, 0.4) is 0 Å². The highest BCUT2D eigenvalue weighted by molar-refractivity contribution is 7.92. The molecule has 4 rings (SSSR count). The van der Waals surface area contributed by atoms with E-state index in [4.69, 9.17) is 0 Å². The van der Waals surface area contributed by atoms with Gasteiger partial charge in [-0.25, -0.2) is 13.4 Å². The van der Waals surface area contributed by atoms with Gasteiger partial charge in [0, 0.05) is 38.4 Å². The van der Waals surface area contributed by atoms with Gasteiger partial charge in [0.2, 0.25) is 0 Å². The Kier molecular flexibility index (Phi) is 6.19. The van der Waals surface area contributed by atoms with Crippen LogP contribution in [-0.2, 0) is 10.0 Å². The monoisotopic (exact) mass is 429 g/mol. The van der Waals surface area contributed by atoms with Crippen molar-refractivity contribution < 1.29 is 13.2 Å². The van der Waals surface area contributed by atoms with E-state index in [1.54, 1.807) is 24.3 Å². The standard InChI is InChI=1S/C21H27N5O3S/c27-21(24-17-6-4-5-7-17)16-14-19(20(23-15-16)26-12-10-22-11-13-26)25-30(28,29)18-8-2-1-3-9-18/h1-3,8-9,14-15,17,22,25H,4-7,10-13H2,(H,24,27). The lowest BCUT2D eigenvalue weighted by Crippen LogP contribution is -2.44. The van der Waals surface area contributed by atoms with Crippen molar-refractivity contribution in [2.24, 2.45) is 0 Å². The minimum atomic E-state index is -3.80. The lowest BCUT2D eigenvalue weighted by molar-refractivity contribution is 0.0937. The number of piperazine rings is 1. The molecule has 1 saturated carbocycles. The maximum Gasteiger partial charge on any atom is 0.262 e. The number of hydrogen-bond donors (Lipinski definition) is 3. The highest BCUT2D eigenvalue weighted by Crippen LogP contribution is 2.28. The molecule has 0 unspecified atom stereocenters. The molecule has 0 atom stereocenters. The molecule has 160 valence electrons. The number of carbonyl (C=O) groups is 1. The first kappa shape index (κ1) is 20.6. The molecule has 1 aromatic carbocycles. The van der Waals surface area contributed by atoms with Crippen LogP contribution in [0, 0.1) is 0 Å². The minimum Gasteiger partial charge on any atom is -0.352 e. The van der Waals surface area contributed by atoms with Crippen molar-refractivity contribution in [3.05, 3.63) is 48.2 Å². The van der Waals surface area contributed by atoms with Crippen LogP contribution >= 0.6 is 0 Å². The molecule has 2 fully saturated rings. The van der Waals surface area contributed by atoms with E-state index >= 15 is 0 Å². The van der Waals surface area contributed by atoms with Crippen molar-refractivity contribution in [2.75, 3.05) is 35.8 Å². The number of rotatable bonds is 6. The van der Waals surface area contributed by atoms with Gasteiger partial charge in [-0.2, -0.15) is 0 Å². The quantitative estimate of drug-likeness (QED) is 0.649. The molecule has 1 aromatic heterocycles. The molecular weight excluding hydrogens is 402 g/mol. The van der Waals surface area contributed by atoms with Crippen LogP contribution in [0.5, 0.6) is 0 Å². The first-order valence-corrected chi connectivity index (χ1v) is 11.9. The van der Waals surface area contributed by atoms with Crippen LogP contribution in [0.2, 0.25) is 0 Å².